The highest BCUT2D eigenvalue weighted by molar-refractivity contribution is 5.76. The molecule has 0 aromatic carbocycles. The first kappa shape index (κ1) is 16.3. The Bertz CT molecular complexity index is 712. The number of aromatic nitrogens is 2. The van der Waals surface area contributed by atoms with E-state index in [4.69, 9.17) is 14.0 Å². The van der Waals surface area contributed by atoms with E-state index in [2.05, 4.69) is 15.5 Å². The van der Waals surface area contributed by atoms with Gasteiger partial charge >= 0.3 is 0 Å². The Labute approximate surface area is 138 Å². The van der Waals surface area contributed by atoms with Crippen LogP contribution in [0, 0.1) is 0 Å². The number of carbonyl (C=O) groups excluding carboxylic acids is 1. The number of nitrogens with zero attached hydrogens (tertiary/aromatic N) is 1. The Morgan fingerprint density at radius 3 is 3.12 bits per heavy atom. The van der Waals surface area contributed by atoms with Gasteiger partial charge in [0.1, 0.15) is 11.9 Å². The minimum absolute atomic E-state index is 0.149. The normalized spacial score (nSPS) is 20.5. The lowest BCUT2D eigenvalue weighted by Crippen LogP contribution is -2.51. The molecule has 0 radical (unpaired) electrons. The number of pyridine rings is 1. The summed E-state index contributed by atoms with van der Waals surface area (Å²) in [6.07, 6.45) is 2.71. The van der Waals surface area contributed by atoms with Crippen LogP contribution in [0.4, 0.5) is 0 Å². The Morgan fingerprint density at radius 2 is 2.38 bits per heavy atom. The molecule has 1 saturated heterocycles. The zero-order chi connectivity index (χ0) is 16.8. The van der Waals surface area contributed by atoms with E-state index in [9.17, 15) is 9.59 Å². The van der Waals surface area contributed by atoms with E-state index in [1.807, 2.05) is 12.1 Å². The molecule has 3 heterocycles. The first-order valence-corrected chi connectivity index (χ1v) is 7.83. The van der Waals surface area contributed by atoms with Gasteiger partial charge in [-0.25, -0.2) is 4.98 Å². The number of amides is 1. The Morgan fingerprint density at radius 1 is 1.46 bits per heavy atom. The van der Waals surface area contributed by atoms with Crippen LogP contribution in [-0.4, -0.2) is 41.4 Å². The van der Waals surface area contributed by atoms with E-state index < -0.39 is 0 Å². The number of hydrogen-bond donors (Lipinski definition) is 2. The molecule has 1 amide bonds. The largest absolute Gasteiger partial charge is 0.472 e. The lowest BCUT2D eigenvalue weighted by atomic mass is 10.1. The fourth-order valence-corrected chi connectivity index (χ4v) is 2.53. The first-order chi connectivity index (χ1) is 11.7. The van der Waals surface area contributed by atoms with Crippen molar-refractivity contribution in [2.75, 3.05) is 13.2 Å². The van der Waals surface area contributed by atoms with Crippen molar-refractivity contribution in [2.24, 2.45) is 0 Å². The summed E-state index contributed by atoms with van der Waals surface area (Å²) in [5.74, 6) is 0.832. The predicted molar refractivity (Wildman–Crippen MR) is 83.7 cm³/mol. The lowest BCUT2D eigenvalue weighted by molar-refractivity contribution is -0.124. The average molecular weight is 333 g/mol. The standard InChI is InChI=1S/C16H19N3O5/c20-14(5-4-11-9-15(21)19-24-11)18-12-10-22-8-6-13(12)23-16-3-1-2-7-17-16/h1-3,7,9,12-13H,4-6,8,10H2,(H,18,20)(H,19,21)/t12-,13-/m1/s1. The fourth-order valence-electron chi connectivity index (χ4n) is 2.53. The SMILES string of the molecule is O=C(CCc1cc(=O)[nH]o1)N[C@@H]1COCC[C@H]1Oc1ccccn1. The summed E-state index contributed by atoms with van der Waals surface area (Å²) in [4.78, 5) is 27.2. The van der Waals surface area contributed by atoms with Crippen LogP contribution in [-0.2, 0) is 16.0 Å². The van der Waals surface area contributed by atoms with Gasteiger partial charge < -0.3 is 19.3 Å². The molecular formula is C16H19N3O5. The summed E-state index contributed by atoms with van der Waals surface area (Å²) in [6, 6.07) is 6.54. The molecule has 3 rings (SSSR count). The number of rotatable bonds is 6. The molecule has 2 atom stereocenters. The fraction of sp³-hybridized carbons (Fsp3) is 0.438. The predicted octanol–water partition coefficient (Wildman–Crippen LogP) is 0.648. The van der Waals surface area contributed by atoms with Gasteiger partial charge in [-0.05, 0) is 6.07 Å². The van der Waals surface area contributed by atoms with Crippen molar-refractivity contribution in [2.45, 2.75) is 31.4 Å². The van der Waals surface area contributed by atoms with E-state index in [1.165, 1.54) is 6.07 Å². The molecule has 0 aliphatic carbocycles. The van der Waals surface area contributed by atoms with Crippen molar-refractivity contribution >= 4 is 5.91 Å². The molecule has 2 aromatic heterocycles. The molecule has 128 valence electrons. The average Bonchev–Trinajstić information content (AvgIpc) is 3.01. The molecule has 0 spiro atoms. The van der Waals surface area contributed by atoms with E-state index in [0.717, 1.165) is 0 Å². The third-order valence-corrected chi connectivity index (χ3v) is 3.72. The Kier molecular flexibility index (Phi) is 5.27. The number of hydrogen-bond acceptors (Lipinski definition) is 6. The van der Waals surface area contributed by atoms with Gasteiger partial charge in [-0.2, -0.15) is 5.16 Å². The zero-order valence-corrected chi connectivity index (χ0v) is 13.1. The lowest BCUT2D eigenvalue weighted by Gasteiger charge is -2.32. The van der Waals surface area contributed by atoms with E-state index >= 15 is 0 Å². The second-order valence-electron chi connectivity index (χ2n) is 5.54. The highest BCUT2D eigenvalue weighted by Gasteiger charge is 2.29. The first-order valence-electron chi connectivity index (χ1n) is 7.83. The maximum atomic E-state index is 12.1. The van der Waals surface area contributed by atoms with Crippen molar-refractivity contribution in [1.29, 1.82) is 0 Å². The van der Waals surface area contributed by atoms with Gasteiger partial charge in [0.15, 0.2) is 0 Å². The molecule has 24 heavy (non-hydrogen) atoms. The van der Waals surface area contributed by atoms with Gasteiger partial charge in [-0.3, -0.25) is 9.59 Å². The maximum absolute atomic E-state index is 12.1. The Hall–Kier alpha value is -2.61. The molecular weight excluding hydrogens is 314 g/mol. The summed E-state index contributed by atoms with van der Waals surface area (Å²) in [7, 11) is 0. The van der Waals surface area contributed by atoms with E-state index in [-0.39, 0.29) is 30.0 Å². The van der Waals surface area contributed by atoms with Crippen LogP contribution in [0.25, 0.3) is 0 Å². The number of carbonyl (C=O) groups is 1. The summed E-state index contributed by atoms with van der Waals surface area (Å²) in [5, 5.41) is 5.12. The van der Waals surface area contributed by atoms with E-state index in [0.29, 0.717) is 37.7 Å². The molecule has 0 unspecified atom stereocenters. The molecule has 1 fully saturated rings. The third kappa shape index (κ3) is 4.45. The van der Waals surface area contributed by atoms with Crippen molar-refractivity contribution < 1.29 is 18.8 Å². The highest BCUT2D eigenvalue weighted by atomic mass is 16.5. The van der Waals surface area contributed by atoms with Crippen LogP contribution in [0.1, 0.15) is 18.6 Å². The number of ether oxygens (including phenoxy) is 2. The molecule has 1 aliphatic heterocycles. The number of aryl methyl sites for hydroxylation is 1. The second-order valence-corrected chi connectivity index (χ2v) is 5.54. The van der Waals surface area contributed by atoms with Crippen molar-refractivity contribution in [3.8, 4) is 5.88 Å². The maximum Gasteiger partial charge on any atom is 0.280 e. The van der Waals surface area contributed by atoms with E-state index in [1.54, 1.807) is 12.3 Å². The van der Waals surface area contributed by atoms with Gasteiger partial charge in [-0.15, -0.1) is 0 Å². The topological polar surface area (TPSA) is 106 Å². The van der Waals surface area contributed by atoms with Crippen LogP contribution < -0.4 is 15.6 Å². The Balaban J connectivity index is 1.53. The minimum atomic E-state index is -0.310. The monoisotopic (exact) mass is 333 g/mol. The van der Waals surface area contributed by atoms with Gasteiger partial charge in [-0.1, -0.05) is 6.07 Å². The van der Waals surface area contributed by atoms with Gasteiger partial charge in [0, 0.05) is 37.6 Å². The van der Waals surface area contributed by atoms with Crippen LogP contribution in [0.5, 0.6) is 5.88 Å². The number of aromatic amines is 1. The molecule has 0 saturated carbocycles. The summed E-state index contributed by atoms with van der Waals surface area (Å²) < 4.78 is 16.2. The molecule has 2 aromatic rings. The quantitative estimate of drug-likeness (QED) is 0.804. The van der Waals surface area contributed by atoms with Crippen molar-refractivity contribution in [1.82, 2.24) is 15.5 Å². The molecule has 0 bridgehead atoms. The minimum Gasteiger partial charge on any atom is -0.472 e. The van der Waals surface area contributed by atoms with Gasteiger partial charge in [0.25, 0.3) is 5.56 Å². The summed E-state index contributed by atoms with van der Waals surface area (Å²) in [5.41, 5.74) is -0.310. The van der Waals surface area contributed by atoms with Gasteiger partial charge in [0.05, 0.1) is 19.3 Å². The van der Waals surface area contributed by atoms with Crippen LogP contribution in [0.15, 0.2) is 39.8 Å². The molecule has 8 heteroatoms. The smallest absolute Gasteiger partial charge is 0.280 e. The molecule has 2 N–H and O–H groups in total. The summed E-state index contributed by atoms with van der Waals surface area (Å²) >= 11 is 0. The number of H-pyrrole nitrogens is 1. The van der Waals surface area contributed by atoms with Crippen LogP contribution in [0.2, 0.25) is 0 Å². The van der Waals surface area contributed by atoms with Crippen LogP contribution >= 0.6 is 0 Å². The van der Waals surface area contributed by atoms with Crippen molar-refractivity contribution in [3.05, 3.63) is 46.6 Å². The third-order valence-electron chi connectivity index (χ3n) is 3.72. The van der Waals surface area contributed by atoms with Crippen LogP contribution in [0.3, 0.4) is 0 Å². The highest BCUT2D eigenvalue weighted by Crippen LogP contribution is 2.16. The second kappa shape index (κ2) is 7.78. The zero-order valence-electron chi connectivity index (χ0n) is 13.1. The summed E-state index contributed by atoms with van der Waals surface area (Å²) in [6.45, 7) is 0.973. The van der Waals surface area contributed by atoms with Crippen molar-refractivity contribution in [3.63, 3.8) is 0 Å². The number of nitrogens with one attached hydrogen (secondary N) is 2. The molecule has 8 nitrogen and oxygen atoms in total. The van der Waals surface area contributed by atoms with Gasteiger partial charge in [0.2, 0.25) is 11.8 Å². The molecule has 1 aliphatic rings.